The van der Waals surface area contributed by atoms with E-state index in [0.717, 1.165) is 17.8 Å². The Kier molecular flexibility index (Phi) is 3.83. The summed E-state index contributed by atoms with van der Waals surface area (Å²) in [7, 11) is 0. The van der Waals surface area contributed by atoms with Gasteiger partial charge in [0.25, 0.3) is 0 Å². The normalized spacial score (nSPS) is 14.7. The van der Waals surface area contributed by atoms with Crippen LogP contribution in [0.3, 0.4) is 0 Å². The molecule has 0 amide bonds. The number of aromatic nitrogens is 3. The molecular weight excluding hydrogens is 248 g/mol. The number of nitrogens with zero attached hydrogens (tertiary/aromatic N) is 3. The highest BCUT2D eigenvalue weighted by atomic mass is 15.4. The third-order valence-corrected chi connectivity index (χ3v) is 3.94. The van der Waals surface area contributed by atoms with Crippen molar-refractivity contribution >= 4 is 0 Å². The Labute approximate surface area is 120 Å². The first kappa shape index (κ1) is 13.3. The van der Waals surface area contributed by atoms with Gasteiger partial charge in [-0.05, 0) is 43.4 Å². The minimum atomic E-state index is 0.473. The summed E-state index contributed by atoms with van der Waals surface area (Å²) in [6.07, 6.45) is 6.09. The Morgan fingerprint density at radius 1 is 1.25 bits per heavy atom. The van der Waals surface area contributed by atoms with Crippen molar-refractivity contribution in [2.24, 2.45) is 5.73 Å². The molecule has 20 heavy (non-hydrogen) atoms. The van der Waals surface area contributed by atoms with E-state index in [1.807, 2.05) is 4.68 Å². The second kappa shape index (κ2) is 5.75. The lowest BCUT2D eigenvalue weighted by Crippen LogP contribution is -2.05. The minimum Gasteiger partial charge on any atom is -0.325 e. The number of benzene rings is 1. The van der Waals surface area contributed by atoms with E-state index in [1.165, 1.54) is 36.9 Å². The highest BCUT2D eigenvalue weighted by molar-refractivity contribution is 5.38. The van der Waals surface area contributed by atoms with Crippen LogP contribution in [0.4, 0.5) is 0 Å². The molecule has 2 N–H and O–H groups in total. The van der Waals surface area contributed by atoms with Crippen LogP contribution in [-0.4, -0.2) is 15.0 Å². The zero-order chi connectivity index (χ0) is 13.9. The quantitative estimate of drug-likeness (QED) is 0.878. The topological polar surface area (TPSA) is 56.7 Å². The fourth-order valence-electron chi connectivity index (χ4n) is 2.61. The number of nitrogens with two attached hydrogens (primary N) is 1. The summed E-state index contributed by atoms with van der Waals surface area (Å²) in [6, 6.07) is 8.69. The molecule has 0 bridgehead atoms. The molecule has 4 heteroatoms. The third-order valence-electron chi connectivity index (χ3n) is 3.94. The molecule has 0 saturated heterocycles. The zero-order valence-electron chi connectivity index (χ0n) is 12.0. The second-order valence-electron chi connectivity index (χ2n) is 5.58. The first-order chi connectivity index (χ1) is 9.83. The van der Waals surface area contributed by atoms with Gasteiger partial charge < -0.3 is 5.73 Å². The van der Waals surface area contributed by atoms with Crippen molar-refractivity contribution in [3.8, 4) is 5.69 Å². The van der Waals surface area contributed by atoms with Crippen molar-refractivity contribution in [2.75, 3.05) is 0 Å². The summed E-state index contributed by atoms with van der Waals surface area (Å²) in [5.74, 6) is 0.600. The largest absolute Gasteiger partial charge is 0.325 e. The maximum absolute atomic E-state index is 5.77. The van der Waals surface area contributed by atoms with Crippen molar-refractivity contribution in [3.63, 3.8) is 0 Å². The van der Waals surface area contributed by atoms with Crippen LogP contribution in [0.15, 0.2) is 24.3 Å². The van der Waals surface area contributed by atoms with Gasteiger partial charge in [0.2, 0.25) is 0 Å². The van der Waals surface area contributed by atoms with E-state index < -0.39 is 0 Å². The van der Waals surface area contributed by atoms with Crippen LogP contribution in [0.25, 0.3) is 5.69 Å². The summed E-state index contributed by atoms with van der Waals surface area (Å²) in [4.78, 5) is 0. The van der Waals surface area contributed by atoms with Crippen LogP contribution in [0.2, 0.25) is 0 Å². The molecule has 0 spiro atoms. The molecule has 1 aliphatic rings. The fraction of sp³-hybridized carbons (Fsp3) is 0.500. The van der Waals surface area contributed by atoms with Crippen molar-refractivity contribution < 1.29 is 0 Å². The summed E-state index contributed by atoms with van der Waals surface area (Å²) in [6.45, 7) is 2.69. The predicted octanol–water partition coefficient (Wildman–Crippen LogP) is 2.95. The number of hydrogen-bond donors (Lipinski definition) is 1. The van der Waals surface area contributed by atoms with Crippen LogP contribution < -0.4 is 5.73 Å². The first-order valence-electron chi connectivity index (χ1n) is 7.57. The van der Waals surface area contributed by atoms with Crippen LogP contribution in [0, 0.1) is 0 Å². The van der Waals surface area contributed by atoms with Gasteiger partial charge in [0, 0.05) is 12.5 Å². The van der Waals surface area contributed by atoms with Crippen molar-refractivity contribution in [2.45, 2.75) is 51.5 Å². The van der Waals surface area contributed by atoms with Gasteiger partial charge in [0.05, 0.1) is 11.4 Å². The van der Waals surface area contributed by atoms with Gasteiger partial charge in [-0.3, -0.25) is 0 Å². The molecule has 1 saturated carbocycles. The van der Waals surface area contributed by atoms with Gasteiger partial charge in [0.15, 0.2) is 0 Å². The van der Waals surface area contributed by atoms with Crippen LogP contribution in [-0.2, 0) is 13.0 Å². The van der Waals surface area contributed by atoms with E-state index in [4.69, 9.17) is 5.73 Å². The van der Waals surface area contributed by atoms with Gasteiger partial charge in [-0.15, -0.1) is 5.10 Å². The maximum Gasteiger partial charge on any atom is 0.100 e. The average Bonchev–Trinajstić information content (AvgIpc) is 3.24. The van der Waals surface area contributed by atoms with E-state index in [0.29, 0.717) is 12.5 Å². The Bertz CT molecular complexity index is 567. The molecule has 1 aromatic heterocycles. The molecule has 1 heterocycles. The molecule has 1 aliphatic carbocycles. The Morgan fingerprint density at radius 3 is 2.60 bits per heavy atom. The average molecular weight is 270 g/mol. The van der Waals surface area contributed by atoms with Crippen LogP contribution >= 0.6 is 0 Å². The van der Waals surface area contributed by atoms with Crippen molar-refractivity contribution in [1.29, 1.82) is 0 Å². The van der Waals surface area contributed by atoms with Gasteiger partial charge >= 0.3 is 0 Å². The van der Waals surface area contributed by atoms with Gasteiger partial charge in [0.1, 0.15) is 5.69 Å². The SMILES string of the molecule is CCCCc1ccc(-n2nnc(CN)c2C2CC2)cc1. The predicted molar refractivity (Wildman–Crippen MR) is 79.8 cm³/mol. The molecular formula is C16H22N4. The molecule has 106 valence electrons. The summed E-state index contributed by atoms with van der Waals surface area (Å²) in [5, 5.41) is 8.53. The number of rotatable bonds is 6. The Balaban J connectivity index is 1.87. The monoisotopic (exact) mass is 270 g/mol. The zero-order valence-corrected chi connectivity index (χ0v) is 12.0. The van der Waals surface area contributed by atoms with E-state index in [1.54, 1.807) is 0 Å². The highest BCUT2D eigenvalue weighted by Crippen LogP contribution is 2.41. The van der Waals surface area contributed by atoms with E-state index >= 15 is 0 Å². The lowest BCUT2D eigenvalue weighted by molar-refractivity contribution is 0.761. The van der Waals surface area contributed by atoms with Gasteiger partial charge in [-0.25, -0.2) is 4.68 Å². The molecule has 4 nitrogen and oxygen atoms in total. The summed E-state index contributed by atoms with van der Waals surface area (Å²) < 4.78 is 1.98. The number of hydrogen-bond acceptors (Lipinski definition) is 3. The third kappa shape index (κ3) is 2.61. The van der Waals surface area contributed by atoms with Crippen molar-refractivity contribution in [3.05, 3.63) is 41.2 Å². The highest BCUT2D eigenvalue weighted by Gasteiger charge is 2.31. The Morgan fingerprint density at radius 2 is 2.00 bits per heavy atom. The maximum atomic E-state index is 5.77. The van der Waals surface area contributed by atoms with Gasteiger partial charge in [-0.2, -0.15) is 0 Å². The first-order valence-corrected chi connectivity index (χ1v) is 7.57. The van der Waals surface area contributed by atoms with Crippen LogP contribution in [0.1, 0.15) is 55.5 Å². The lowest BCUT2D eigenvalue weighted by Gasteiger charge is -2.07. The van der Waals surface area contributed by atoms with E-state index in [2.05, 4.69) is 41.5 Å². The van der Waals surface area contributed by atoms with Gasteiger partial charge in [-0.1, -0.05) is 30.7 Å². The number of unbranched alkanes of at least 4 members (excludes halogenated alkanes) is 1. The molecule has 0 radical (unpaired) electrons. The molecule has 0 atom stereocenters. The van der Waals surface area contributed by atoms with E-state index in [-0.39, 0.29) is 0 Å². The molecule has 1 aromatic carbocycles. The van der Waals surface area contributed by atoms with Crippen molar-refractivity contribution in [1.82, 2.24) is 15.0 Å². The Hall–Kier alpha value is -1.68. The number of aryl methyl sites for hydroxylation is 1. The smallest absolute Gasteiger partial charge is 0.100 e. The molecule has 2 aromatic rings. The molecule has 3 rings (SSSR count). The summed E-state index contributed by atoms with van der Waals surface area (Å²) in [5.41, 5.74) is 10.4. The van der Waals surface area contributed by atoms with E-state index in [9.17, 15) is 0 Å². The molecule has 0 unspecified atom stereocenters. The molecule has 1 fully saturated rings. The lowest BCUT2D eigenvalue weighted by atomic mass is 10.1. The summed E-state index contributed by atoms with van der Waals surface area (Å²) >= 11 is 0. The minimum absolute atomic E-state index is 0.473. The molecule has 0 aliphatic heterocycles. The van der Waals surface area contributed by atoms with Crippen LogP contribution in [0.5, 0.6) is 0 Å². The fourth-order valence-corrected chi connectivity index (χ4v) is 2.61. The second-order valence-corrected chi connectivity index (χ2v) is 5.58. The standard InChI is InChI=1S/C16H22N4/c1-2-3-4-12-5-9-14(10-6-12)20-16(13-7-8-13)15(11-17)18-19-20/h5-6,9-10,13H,2-4,7-8,11,17H2,1H3.